The van der Waals surface area contributed by atoms with Crippen molar-refractivity contribution in [2.24, 2.45) is 0 Å². The fourth-order valence-electron chi connectivity index (χ4n) is 1.13. The number of hydrogen-bond donors (Lipinski definition) is 0. The highest BCUT2D eigenvalue weighted by Gasteiger charge is 2.39. The molecule has 1 rings (SSSR count). The third-order valence-electron chi connectivity index (χ3n) is 2.11. The van der Waals surface area contributed by atoms with Gasteiger partial charge < -0.3 is 18.0 Å². The van der Waals surface area contributed by atoms with Crippen molar-refractivity contribution in [2.75, 3.05) is 27.9 Å². The molecule has 1 aliphatic rings. The van der Waals surface area contributed by atoms with Gasteiger partial charge >= 0.3 is 8.80 Å². The highest BCUT2D eigenvalue weighted by molar-refractivity contribution is 6.60. The molecule has 0 unspecified atom stereocenters. The largest absolute Gasteiger partial charge is 0.500 e. The van der Waals surface area contributed by atoms with E-state index in [9.17, 15) is 0 Å². The summed E-state index contributed by atoms with van der Waals surface area (Å²) >= 11 is 0. The van der Waals surface area contributed by atoms with Gasteiger partial charge in [-0.05, 0) is 6.42 Å². The molecule has 0 spiro atoms. The Labute approximate surface area is 74.1 Å². The molecule has 0 amide bonds. The maximum Gasteiger partial charge on any atom is 0.500 e. The van der Waals surface area contributed by atoms with Crippen LogP contribution < -0.4 is 0 Å². The quantitative estimate of drug-likeness (QED) is 0.458. The van der Waals surface area contributed by atoms with Crippen molar-refractivity contribution in [2.45, 2.75) is 18.6 Å². The Morgan fingerprint density at radius 1 is 1.25 bits per heavy atom. The maximum absolute atomic E-state index is 5.25. The highest BCUT2D eigenvalue weighted by atomic mass is 28.4. The number of rotatable bonds is 6. The average Bonchev–Trinajstić information content (AvgIpc) is 2.92. The smallest absolute Gasteiger partial charge is 0.377 e. The molecule has 1 fully saturated rings. The fourth-order valence-corrected chi connectivity index (χ4v) is 2.92. The molecule has 12 heavy (non-hydrogen) atoms. The third kappa shape index (κ3) is 2.53. The lowest BCUT2D eigenvalue weighted by Crippen LogP contribution is -2.42. The molecule has 0 N–H and O–H groups in total. The zero-order chi connectivity index (χ0) is 9.03. The average molecular weight is 192 g/mol. The third-order valence-corrected chi connectivity index (χ3v) is 4.87. The summed E-state index contributed by atoms with van der Waals surface area (Å²) in [5.74, 6) is 0. The SMILES string of the molecule is CO[Si](CC[C@@H]1CO1)(OC)OC. The van der Waals surface area contributed by atoms with Crippen molar-refractivity contribution < 1.29 is 18.0 Å². The van der Waals surface area contributed by atoms with Crippen molar-refractivity contribution in [1.82, 2.24) is 0 Å². The first kappa shape index (κ1) is 10.1. The molecule has 0 aliphatic carbocycles. The Balaban J connectivity index is 2.28. The monoisotopic (exact) mass is 192 g/mol. The number of ether oxygens (including phenoxy) is 1. The molecular formula is C7H16O4Si. The molecule has 0 saturated carbocycles. The van der Waals surface area contributed by atoms with Crippen LogP contribution >= 0.6 is 0 Å². The Morgan fingerprint density at radius 2 is 1.75 bits per heavy atom. The Morgan fingerprint density at radius 3 is 2.08 bits per heavy atom. The molecule has 1 aliphatic heterocycles. The van der Waals surface area contributed by atoms with E-state index < -0.39 is 8.80 Å². The van der Waals surface area contributed by atoms with Gasteiger partial charge in [0.2, 0.25) is 0 Å². The minimum absolute atomic E-state index is 0.414. The van der Waals surface area contributed by atoms with E-state index in [-0.39, 0.29) is 0 Å². The molecule has 0 aromatic rings. The van der Waals surface area contributed by atoms with E-state index in [0.717, 1.165) is 19.1 Å². The summed E-state index contributed by atoms with van der Waals surface area (Å²) in [6.45, 7) is 0.877. The standard InChI is InChI=1S/C7H16O4Si/c1-8-12(9-2,10-3)5-4-7-6-11-7/h7H,4-6H2,1-3H3/t7-/m1/s1. The molecule has 0 aromatic carbocycles. The predicted octanol–water partition coefficient (Wildman–Crippen LogP) is 0.653. The first-order valence-electron chi connectivity index (χ1n) is 4.03. The Bertz CT molecular complexity index is 125. The van der Waals surface area contributed by atoms with Crippen LogP contribution in [0.5, 0.6) is 0 Å². The first-order chi connectivity index (χ1) is 5.76. The summed E-state index contributed by atoms with van der Waals surface area (Å²) in [6.07, 6.45) is 1.39. The van der Waals surface area contributed by atoms with E-state index in [1.807, 2.05) is 0 Å². The second kappa shape index (κ2) is 4.34. The lowest BCUT2D eigenvalue weighted by molar-refractivity contribution is 0.122. The van der Waals surface area contributed by atoms with Crippen LogP contribution in [0.15, 0.2) is 0 Å². The normalized spacial score (nSPS) is 22.8. The molecule has 5 heteroatoms. The second-order valence-electron chi connectivity index (χ2n) is 2.79. The zero-order valence-electron chi connectivity index (χ0n) is 7.83. The number of hydrogen-bond acceptors (Lipinski definition) is 4. The van der Waals surface area contributed by atoms with Gasteiger partial charge in [-0.2, -0.15) is 0 Å². The van der Waals surface area contributed by atoms with Gasteiger partial charge in [0.15, 0.2) is 0 Å². The highest BCUT2D eigenvalue weighted by Crippen LogP contribution is 2.22. The minimum Gasteiger partial charge on any atom is -0.377 e. The van der Waals surface area contributed by atoms with Gasteiger partial charge in [-0.3, -0.25) is 0 Å². The van der Waals surface area contributed by atoms with Crippen LogP contribution in [0, 0.1) is 0 Å². The van der Waals surface area contributed by atoms with Crippen molar-refractivity contribution in [3.8, 4) is 0 Å². The van der Waals surface area contributed by atoms with Crippen LogP contribution in [0.4, 0.5) is 0 Å². The minimum atomic E-state index is -2.32. The molecule has 0 aromatic heterocycles. The first-order valence-corrected chi connectivity index (χ1v) is 5.96. The van der Waals surface area contributed by atoms with E-state index in [4.69, 9.17) is 18.0 Å². The van der Waals surface area contributed by atoms with Crippen LogP contribution in [0.3, 0.4) is 0 Å². The number of epoxide rings is 1. The van der Waals surface area contributed by atoms with Gasteiger partial charge in [-0.1, -0.05) is 0 Å². The van der Waals surface area contributed by atoms with Gasteiger partial charge in [-0.25, -0.2) is 0 Å². The topological polar surface area (TPSA) is 40.2 Å². The predicted molar refractivity (Wildman–Crippen MR) is 45.9 cm³/mol. The van der Waals surface area contributed by atoms with Gasteiger partial charge in [0.25, 0.3) is 0 Å². The summed E-state index contributed by atoms with van der Waals surface area (Å²) < 4.78 is 20.9. The maximum atomic E-state index is 5.25. The Hall–Kier alpha value is 0.0569. The summed E-state index contributed by atoms with van der Waals surface area (Å²) in [7, 11) is 2.58. The summed E-state index contributed by atoms with van der Waals surface area (Å²) in [6, 6.07) is 0.834. The van der Waals surface area contributed by atoms with Crippen LogP contribution in [-0.2, 0) is 18.0 Å². The molecule has 1 atom stereocenters. The van der Waals surface area contributed by atoms with E-state index >= 15 is 0 Å². The Kier molecular flexibility index (Phi) is 3.67. The van der Waals surface area contributed by atoms with Crippen molar-refractivity contribution >= 4 is 8.80 Å². The summed E-state index contributed by atoms with van der Waals surface area (Å²) in [5, 5.41) is 0. The summed E-state index contributed by atoms with van der Waals surface area (Å²) in [4.78, 5) is 0. The lowest BCUT2D eigenvalue weighted by atomic mass is 10.4. The molecule has 1 saturated heterocycles. The van der Waals surface area contributed by atoms with Gasteiger partial charge in [0.05, 0.1) is 12.7 Å². The van der Waals surface area contributed by atoms with Crippen LogP contribution in [0.1, 0.15) is 6.42 Å². The van der Waals surface area contributed by atoms with Crippen molar-refractivity contribution in [3.05, 3.63) is 0 Å². The second-order valence-corrected chi connectivity index (χ2v) is 5.88. The summed E-state index contributed by atoms with van der Waals surface area (Å²) in [5.41, 5.74) is 0. The fraction of sp³-hybridized carbons (Fsp3) is 1.00. The van der Waals surface area contributed by atoms with Gasteiger partial charge in [0, 0.05) is 27.4 Å². The van der Waals surface area contributed by atoms with Crippen LogP contribution in [0.2, 0.25) is 6.04 Å². The van der Waals surface area contributed by atoms with Crippen LogP contribution in [-0.4, -0.2) is 42.8 Å². The van der Waals surface area contributed by atoms with E-state index in [1.54, 1.807) is 21.3 Å². The van der Waals surface area contributed by atoms with Crippen molar-refractivity contribution in [3.63, 3.8) is 0 Å². The lowest BCUT2D eigenvalue weighted by Gasteiger charge is -2.23. The zero-order valence-corrected chi connectivity index (χ0v) is 8.83. The van der Waals surface area contributed by atoms with E-state index in [2.05, 4.69) is 0 Å². The van der Waals surface area contributed by atoms with E-state index in [1.165, 1.54) is 0 Å². The van der Waals surface area contributed by atoms with Gasteiger partial charge in [-0.15, -0.1) is 0 Å². The molecular weight excluding hydrogens is 176 g/mol. The van der Waals surface area contributed by atoms with E-state index in [0.29, 0.717) is 6.10 Å². The van der Waals surface area contributed by atoms with Crippen molar-refractivity contribution in [1.29, 1.82) is 0 Å². The molecule has 4 nitrogen and oxygen atoms in total. The molecule has 72 valence electrons. The molecule has 0 bridgehead atoms. The molecule has 1 heterocycles. The molecule has 0 radical (unpaired) electrons. The van der Waals surface area contributed by atoms with Crippen LogP contribution in [0.25, 0.3) is 0 Å². The van der Waals surface area contributed by atoms with Gasteiger partial charge in [0.1, 0.15) is 0 Å².